The maximum atomic E-state index is 13.8. The fourth-order valence-electron chi connectivity index (χ4n) is 2.21. The van der Waals surface area contributed by atoms with E-state index in [1.807, 2.05) is 0 Å². The quantitative estimate of drug-likeness (QED) is 0.709. The third-order valence-electron chi connectivity index (χ3n) is 3.28. The molecule has 0 bridgehead atoms. The van der Waals surface area contributed by atoms with E-state index in [1.165, 1.54) is 24.7 Å². The molecule has 3 rings (SSSR count). The lowest BCUT2D eigenvalue weighted by Gasteiger charge is -2.13. The fourth-order valence-corrected chi connectivity index (χ4v) is 2.21. The van der Waals surface area contributed by atoms with E-state index in [9.17, 15) is 17.6 Å². The molecule has 130 valence electrons. The predicted octanol–water partition coefficient (Wildman–Crippen LogP) is 3.72. The summed E-state index contributed by atoms with van der Waals surface area (Å²) in [5, 5.41) is 3.41. The number of fused-ring (bicyclic) bond motifs is 1. The van der Waals surface area contributed by atoms with Gasteiger partial charge in [0, 0.05) is 23.7 Å². The number of aromatic nitrogens is 3. The number of hydrogen-bond acceptors (Lipinski definition) is 5. The Morgan fingerprint density at radius 2 is 1.88 bits per heavy atom. The second-order valence-electron chi connectivity index (χ2n) is 5.08. The van der Waals surface area contributed by atoms with E-state index in [0.29, 0.717) is 16.8 Å². The van der Waals surface area contributed by atoms with Gasteiger partial charge >= 0.3 is 6.18 Å². The number of halogens is 4. The van der Waals surface area contributed by atoms with Crippen LogP contribution in [0.5, 0.6) is 5.88 Å². The maximum absolute atomic E-state index is 13.8. The minimum atomic E-state index is -4.46. The van der Waals surface area contributed by atoms with Gasteiger partial charge in [-0.2, -0.15) is 13.2 Å². The molecule has 0 aliphatic heterocycles. The van der Waals surface area contributed by atoms with Crippen LogP contribution in [0, 0.1) is 5.82 Å². The second kappa shape index (κ2) is 6.88. The smallest absolute Gasteiger partial charge is 0.422 e. The number of alkyl halides is 3. The molecule has 0 saturated carbocycles. The highest BCUT2D eigenvalue weighted by molar-refractivity contribution is 5.89. The average Bonchev–Trinajstić information content (AvgIpc) is 2.58. The second-order valence-corrected chi connectivity index (χ2v) is 5.08. The van der Waals surface area contributed by atoms with Crippen molar-refractivity contribution in [2.24, 2.45) is 0 Å². The van der Waals surface area contributed by atoms with Crippen LogP contribution in [0.2, 0.25) is 0 Å². The lowest BCUT2D eigenvalue weighted by atomic mass is 10.2. The van der Waals surface area contributed by atoms with Crippen molar-refractivity contribution in [2.75, 3.05) is 11.9 Å². The molecule has 0 radical (unpaired) electrons. The Labute approximate surface area is 139 Å². The first-order valence-corrected chi connectivity index (χ1v) is 7.20. The monoisotopic (exact) mass is 352 g/mol. The number of rotatable bonds is 5. The number of nitrogens with one attached hydrogen (secondary N) is 1. The SMILES string of the molecule is Fc1cccc2c(NCc3cccnc3OCC(F)(F)F)ncnc12. The Balaban J connectivity index is 1.80. The van der Waals surface area contributed by atoms with Gasteiger partial charge in [-0.15, -0.1) is 0 Å². The molecule has 5 nitrogen and oxygen atoms in total. The number of benzene rings is 1. The molecule has 1 N–H and O–H groups in total. The Kier molecular flexibility index (Phi) is 4.64. The molecule has 0 aliphatic rings. The largest absolute Gasteiger partial charge is 0.468 e. The predicted molar refractivity (Wildman–Crippen MR) is 82.6 cm³/mol. The molecule has 9 heteroatoms. The molecule has 2 heterocycles. The van der Waals surface area contributed by atoms with Crippen LogP contribution in [0.25, 0.3) is 10.9 Å². The normalized spacial score (nSPS) is 11.5. The van der Waals surface area contributed by atoms with Crippen LogP contribution >= 0.6 is 0 Å². The number of para-hydroxylation sites is 1. The number of nitrogens with zero attached hydrogens (tertiary/aromatic N) is 3. The van der Waals surface area contributed by atoms with Gasteiger partial charge in [0.15, 0.2) is 6.61 Å². The van der Waals surface area contributed by atoms with Gasteiger partial charge in [0.1, 0.15) is 23.5 Å². The first kappa shape index (κ1) is 16.9. The molecule has 0 saturated heterocycles. The zero-order chi connectivity index (χ0) is 17.9. The van der Waals surface area contributed by atoms with Crippen molar-refractivity contribution >= 4 is 16.7 Å². The zero-order valence-corrected chi connectivity index (χ0v) is 12.7. The molecule has 2 aromatic heterocycles. The van der Waals surface area contributed by atoms with Crippen LogP contribution in [0.4, 0.5) is 23.4 Å². The van der Waals surface area contributed by atoms with Gasteiger partial charge in [0.2, 0.25) is 5.88 Å². The molecular weight excluding hydrogens is 340 g/mol. The van der Waals surface area contributed by atoms with Gasteiger partial charge in [-0.1, -0.05) is 12.1 Å². The summed E-state index contributed by atoms with van der Waals surface area (Å²) in [6.45, 7) is -1.33. The summed E-state index contributed by atoms with van der Waals surface area (Å²) in [7, 11) is 0. The van der Waals surface area contributed by atoms with E-state index in [0.717, 1.165) is 0 Å². The van der Waals surface area contributed by atoms with Crippen molar-refractivity contribution in [3.63, 3.8) is 0 Å². The average molecular weight is 352 g/mol. The van der Waals surface area contributed by atoms with E-state index in [1.54, 1.807) is 18.2 Å². The molecule has 25 heavy (non-hydrogen) atoms. The first-order valence-electron chi connectivity index (χ1n) is 7.20. The highest BCUT2D eigenvalue weighted by Gasteiger charge is 2.29. The number of ether oxygens (including phenoxy) is 1. The van der Waals surface area contributed by atoms with E-state index in [-0.39, 0.29) is 17.9 Å². The summed E-state index contributed by atoms with van der Waals surface area (Å²) in [5.41, 5.74) is 0.564. The van der Waals surface area contributed by atoms with Gasteiger partial charge in [0.25, 0.3) is 0 Å². The van der Waals surface area contributed by atoms with E-state index in [2.05, 4.69) is 20.3 Å². The molecule has 0 atom stereocenters. The molecular formula is C16H12F4N4O. The van der Waals surface area contributed by atoms with E-state index in [4.69, 9.17) is 4.74 Å². The molecule has 0 amide bonds. The van der Waals surface area contributed by atoms with Crippen molar-refractivity contribution in [3.05, 3.63) is 54.2 Å². The molecule has 0 fully saturated rings. The summed E-state index contributed by atoms with van der Waals surface area (Å²) in [4.78, 5) is 11.7. The van der Waals surface area contributed by atoms with Crippen LogP contribution in [0.15, 0.2) is 42.9 Å². The zero-order valence-electron chi connectivity index (χ0n) is 12.7. The molecule has 0 unspecified atom stereocenters. The summed E-state index contributed by atoms with van der Waals surface area (Å²) < 4.78 is 55.4. The van der Waals surface area contributed by atoms with Crippen LogP contribution in [0.3, 0.4) is 0 Å². The van der Waals surface area contributed by atoms with Gasteiger partial charge in [-0.25, -0.2) is 19.3 Å². The first-order chi connectivity index (χ1) is 11.9. The van der Waals surface area contributed by atoms with Crippen molar-refractivity contribution in [2.45, 2.75) is 12.7 Å². The van der Waals surface area contributed by atoms with E-state index >= 15 is 0 Å². The van der Waals surface area contributed by atoms with Gasteiger partial charge in [-0.3, -0.25) is 0 Å². The summed E-state index contributed by atoms with van der Waals surface area (Å²) in [5.74, 6) is -0.259. The Hall–Kier alpha value is -2.97. The highest BCUT2D eigenvalue weighted by Crippen LogP contribution is 2.24. The summed E-state index contributed by atoms with van der Waals surface area (Å²) >= 11 is 0. The highest BCUT2D eigenvalue weighted by atomic mass is 19.4. The van der Waals surface area contributed by atoms with Gasteiger partial charge in [-0.05, 0) is 18.2 Å². The lowest BCUT2D eigenvalue weighted by Crippen LogP contribution is -2.20. The van der Waals surface area contributed by atoms with Crippen molar-refractivity contribution in [1.29, 1.82) is 0 Å². The molecule has 3 aromatic rings. The van der Waals surface area contributed by atoms with Crippen molar-refractivity contribution in [3.8, 4) is 5.88 Å². The van der Waals surface area contributed by atoms with Crippen molar-refractivity contribution < 1.29 is 22.3 Å². The van der Waals surface area contributed by atoms with Crippen LogP contribution in [0.1, 0.15) is 5.56 Å². The number of pyridine rings is 1. The summed E-state index contributed by atoms with van der Waals surface area (Å²) in [6.07, 6.45) is -1.91. The third kappa shape index (κ3) is 4.11. The number of anilines is 1. The van der Waals surface area contributed by atoms with Crippen LogP contribution < -0.4 is 10.1 Å². The van der Waals surface area contributed by atoms with Crippen LogP contribution in [-0.2, 0) is 6.54 Å². The topological polar surface area (TPSA) is 59.9 Å². The summed E-state index contributed by atoms with van der Waals surface area (Å²) in [6, 6.07) is 7.60. The molecule has 0 aliphatic carbocycles. The van der Waals surface area contributed by atoms with Gasteiger partial charge in [0.05, 0.1) is 0 Å². The van der Waals surface area contributed by atoms with E-state index < -0.39 is 18.6 Å². The standard InChI is InChI=1S/C16H12F4N4O/c17-12-5-1-4-11-13(12)23-9-24-14(11)22-7-10-3-2-6-21-15(10)25-8-16(18,19)20/h1-6,9H,7-8H2,(H,22,23,24). The third-order valence-corrected chi connectivity index (χ3v) is 3.28. The van der Waals surface area contributed by atoms with Crippen LogP contribution in [-0.4, -0.2) is 27.7 Å². The Morgan fingerprint density at radius 1 is 1.04 bits per heavy atom. The Bertz CT molecular complexity index is 885. The minimum absolute atomic E-state index is 0.101. The minimum Gasteiger partial charge on any atom is -0.468 e. The molecule has 0 spiro atoms. The lowest BCUT2D eigenvalue weighted by molar-refractivity contribution is -0.154. The fraction of sp³-hybridized carbons (Fsp3) is 0.188. The number of hydrogen-bond donors (Lipinski definition) is 1. The Morgan fingerprint density at radius 3 is 2.68 bits per heavy atom. The van der Waals surface area contributed by atoms with Gasteiger partial charge < -0.3 is 10.1 Å². The maximum Gasteiger partial charge on any atom is 0.422 e. The molecule has 1 aromatic carbocycles. The van der Waals surface area contributed by atoms with Crippen molar-refractivity contribution in [1.82, 2.24) is 15.0 Å².